The number of benzene rings is 2. The van der Waals surface area contributed by atoms with Crippen LogP contribution in [0, 0.1) is 0 Å². The van der Waals surface area contributed by atoms with Crippen molar-refractivity contribution in [3.8, 4) is 16.9 Å². The van der Waals surface area contributed by atoms with Crippen molar-refractivity contribution < 1.29 is 5.11 Å². The van der Waals surface area contributed by atoms with E-state index in [-0.39, 0.29) is 5.41 Å². The number of phenols is 1. The van der Waals surface area contributed by atoms with Crippen molar-refractivity contribution in [3.63, 3.8) is 0 Å². The molecule has 0 unspecified atom stereocenters. The fraction of sp³-hybridized carbons (Fsp3) is 0.455. The molecule has 0 heterocycles. The van der Waals surface area contributed by atoms with Gasteiger partial charge in [-0.3, -0.25) is 0 Å². The van der Waals surface area contributed by atoms with Crippen molar-refractivity contribution in [2.75, 3.05) is 0 Å². The molecule has 0 fully saturated rings. The minimum atomic E-state index is 0.166. The summed E-state index contributed by atoms with van der Waals surface area (Å²) in [7, 11) is 0. The molecule has 2 rings (SSSR count). The molecule has 0 aliphatic heterocycles. The lowest BCUT2D eigenvalue weighted by Gasteiger charge is -2.20. The second-order valence-corrected chi connectivity index (χ2v) is 8.14. The Balaban J connectivity index is 2.55. The van der Waals surface area contributed by atoms with Crippen LogP contribution in [0.15, 0.2) is 36.4 Å². The maximum Gasteiger partial charge on any atom is 0.122 e. The topological polar surface area (TPSA) is 20.2 Å². The van der Waals surface area contributed by atoms with Gasteiger partial charge in [-0.15, -0.1) is 0 Å². The lowest BCUT2D eigenvalue weighted by Crippen LogP contribution is -2.10. The Bertz CT molecular complexity index is 641. The average Bonchev–Trinajstić information content (AvgIpc) is 2.46. The normalized spacial score (nSPS) is 12.2. The third-order valence-corrected chi connectivity index (χ3v) is 4.50. The van der Waals surface area contributed by atoms with Crippen molar-refractivity contribution >= 4 is 0 Å². The van der Waals surface area contributed by atoms with E-state index in [1.54, 1.807) is 0 Å². The molecule has 0 bridgehead atoms. The zero-order valence-electron chi connectivity index (χ0n) is 15.6. The van der Waals surface area contributed by atoms with Crippen LogP contribution >= 0.6 is 0 Å². The van der Waals surface area contributed by atoms with Gasteiger partial charge in [0.25, 0.3) is 0 Å². The van der Waals surface area contributed by atoms with E-state index in [0.29, 0.717) is 17.6 Å². The van der Waals surface area contributed by atoms with Gasteiger partial charge in [0.1, 0.15) is 5.75 Å². The van der Waals surface area contributed by atoms with Crippen molar-refractivity contribution in [2.45, 2.75) is 65.7 Å². The van der Waals surface area contributed by atoms with Crippen LogP contribution in [0.2, 0.25) is 0 Å². The first-order chi connectivity index (χ1) is 10.6. The first-order valence-corrected chi connectivity index (χ1v) is 8.59. The third-order valence-electron chi connectivity index (χ3n) is 4.50. The van der Waals surface area contributed by atoms with E-state index < -0.39 is 0 Å². The molecule has 0 spiro atoms. The summed E-state index contributed by atoms with van der Waals surface area (Å²) in [6, 6.07) is 13.1. The maximum atomic E-state index is 10.6. The molecule has 0 aliphatic carbocycles. The van der Waals surface area contributed by atoms with Gasteiger partial charge in [-0.05, 0) is 57.2 Å². The molecule has 2 aromatic rings. The molecule has 0 saturated heterocycles. The molecule has 1 N–H and O–H groups in total. The Kier molecular flexibility index (Phi) is 4.89. The second-order valence-electron chi connectivity index (χ2n) is 8.14. The average molecular weight is 310 g/mol. The first-order valence-electron chi connectivity index (χ1n) is 8.59. The van der Waals surface area contributed by atoms with Crippen LogP contribution < -0.4 is 0 Å². The third kappa shape index (κ3) is 3.77. The lowest BCUT2D eigenvalue weighted by atomic mass is 9.85. The SMILES string of the molecule is CC(C)c1cc(-c2ccc(C(C)(C)C)cc2)cc(C(C)C)c1O. The van der Waals surface area contributed by atoms with Gasteiger partial charge in [0, 0.05) is 0 Å². The molecule has 0 saturated carbocycles. The summed E-state index contributed by atoms with van der Waals surface area (Å²) in [5.74, 6) is 1.08. The van der Waals surface area contributed by atoms with Gasteiger partial charge in [-0.25, -0.2) is 0 Å². The quantitative estimate of drug-likeness (QED) is 0.676. The fourth-order valence-electron chi connectivity index (χ4n) is 2.89. The van der Waals surface area contributed by atoms with Crippen molar-refractivity contribution in [1.82, 2.24) is 0 Å². The Morgan fingerprint density at radius 1 is 0.739 bits per heavy atom. The molecular formula is C22H30O. The molecule has 124 valence electrons. The van der Waals surface area contributed by atoms with Crippen molar-refractivity contribution in [2.24, 2.45) is 0 Å². The van der Waals surface area contributed by atoms with Crippen molar-refractivity contribution in [1.29, 1.82) is 0 Å². The molecule has 0 amide bonds. The van der Waals surface area contributed by atoms with E-state index in [9.17, 15) is 5.11 Å². The molecule has 2 aromatic carbocycles. The zero-order valence-corrected chi connectivity index (χ0v) is 15.6. The molecule has 1 heteroatoms. The first kappa shape index (κ1) is 17.6. The van der Waals surface area contributed by atoms with Crippen LogP contribution in [0.5, 0.6) is 5.75 Å². The highest BCUT2D eigenvalue weighted by Crippen LogP contribution is 2.38. The maximum absolute atomic E-state index is 10.6. The van der Waals surface area contributed by atoms with Crippen LogP contribution in [-0.4, -0.2) is 5.11 Å². The van der Waals surface area contributed by atoms with Gasteiger partial charge in [0.15, 0.2) is 0 Å². The van der Waals surface area contributed by atoms with Crippen LogP contribution in [-0.2, 0) is 5.41 Å². The summed E-state index contributed by atoms with van der Waals surface area (Å²) in [6.07, 6.45) is 0. The molecule has 1 nitrogen and oxygen atoms in total. The molecule has 0 aliphatic rings. The number of rotatable bonds is 3. The fourth-order valence-corrected chi connectivity index (χ4v) is 2.89. The van der Waals surface area contributed by atoms with Crippen LogP contribution in [0.1, 0.15) is 77.0 Å². The van der Waals surface area contributed by atoms with Gasteiger partial charge >= 0.3 is 0 Å². The highest BCUT2D eigenvalue weighted by atomic mass is 16.3. The Hall–Kier alpha value is -1.76. The minimum Gasteiger partial charge on any atom is -0.507 e. The number of hydrogen-bond donors (Lipinski definition) is 1. The second kappa shape index (κ2) is 6.39. The highest BCUT2D eigenvalue weighted by molar-refractivity contribution is 5.68. The summed E-state index contributed by atoms with van der Waals surface area (Å²) in [6.45, 7) is 15.2. The summed E-state index contributed by atoms with van der Waals surface area (Å²) in [5, 5.41) is 10.6. The molecule has 0 aromatic heterocycles. The molecular weight excluding hydrogens is 280 g/mol. The van der Waals surface area contributed by atoms with Crippen LogP contribution in [0.3, 0.4) is 0 Å². The molecule has 23 heavy (non-hydrogen) atoms. The smallest absolute Gasteiger partial charge is 0.122 e. The van der Waals surface area contributed by atoms with Crippen molar-refractivity contribution in [3.05, 3.63) is 53.1 Å². The minimum absolute atomic E-state index is 0.166. The summed E-state index contributed by atoms with van der Waals surface area (Å²) >= 11 is 0. The van der Waals surface area contributed by atoms with Crippen LogP contribution in [0.4, 0.5) is 0 Å². The van der Waals surface area contributed by atoms with E-state index >= 15 is 0 Å². The predicted molar refractivity (Wildman–Crippen MR) is 100 cm³/mol. The zero-order chi connectivity index (χ0) is 17.4. The van der Waals surface area contributed by atoms with E-state index in [0.717, 1.165) is 11.1 Å². The summed E-state index contributed by atoms with van der Waals surface area (Å²) < 4.78 is 0. The van der Waals surface area contributed by atoms with E-state index in [1.165, 1.54) is 16.7 Å². The van der Waals surface area contributed by atoms with Gasteiger partial charge in [-0.1, -0.05) is 72.7 Å². The van der Waals surface area contributed by atoms with Gasteiger partial charge < -0.3 is 5.11 Å². The van der Waals surface area contributed by atoms with E-state index in [2.05, 4.69) is 84.9 Å². The predicted octanol–water partition coefficient (Wildman–Crippen LogP) is 6.60. The Labute approximate surface area is 141 Å². The lowest BCUT2D eigenvalue weighted by molar-refractivity contribution is 0.454. The Morgan fingerprint density at radius 2 is 1.17 bits per heavy atom. The summed E-state index contributed by atoms with van der Waals surface area (Å²) in [4.78, 5) is 0. The van der Waals surface area contributed by atoms with Gasteiger partial charge in [-0.2, -0.15) is 0 Å². The monoisotopic (exact) mass is 310 g/mol. The van der Waals surface area contributed by atoms with E-state index in [1.807, 2.05) is 0 Å². The number of aromatic hydroxyl groups is 1. The molecule has 0 atom stereocenters. The van der Waals surface area contributed by atoms with Crippen LogP contribution in [0.25, 0.3) is 11.1 Å². The van der Waals surface area contributed by atoms with Gasteiger partial charge in [0.05, 0.1) is 0 Å². The number of hydrogen-bond acceptors (Lipinski definition) is 1. The highest BCUT2D eigenvalue weighted by Gasteiger charge is 2.17. The Morgan fingerprint density at radius 3 is 1.52 bits per heavy atom. The number of phenolic OH excluding ortho intramolecular Hbond substituents is 1. The standard InChI is InChI=1S/C22H30O/c1-14(2)19-12-17(13-20(15(3)4)21(19)23)16-8-10-18(11-9-16)22(5,6)7/h8-15,23H,1-7H3. The molecule has 0 radical (unpaired) electrons. The van der Waals surface area contributed by atoms with Gasteiger partial charge in [0.2, 0.25) is 0 Å². The van der Waals surface area contributed by atoms with E-state index in [4.69, 9.17) is 0 Å². The largest absolute Gasteiger partial charge is 0.507 e. The summed E-state index contributed by atoms with van der Waals surface area (Å²) in [5.41, 5.74) is 5.97.